The van der Waals surface area contributed by atoms with E-state index in [1.807, 2.05) is 34.9 Å². The first-order chi connectivity index (χ1) is 8.65. The molecule has 0 unspecified atom stereocenters. The van der Waals surface area contributed by atoms with Crippen molar-refractivity contribution in [3.63, 3.8) is 0 Å². The zero-order valence-corrected chi connectivity index (χ0v) is 12.3. The van der Waals surface area contributed by atoms with Crippen LogP contribution >= 0.6 is 46.8 Å². The number of aromatic amines is 1. The molecule has 3 aromatic rings. The van der Waals surface area contributed by atoms with Gasteiger partial charge in [0, 0.05) is 4.88 Å². The molecule has 0 amide bonds. The number of nitrogens with zero attached hydrogens (tertiary/aromatic N) is 1. The molecule has 3 rings (SSSR count). The predicted octanol–water partition coefficient (Wildman–Crippen LogP) is 5.12. The molecule has 2 nitrogen and oxygen atoms in total. The van der Waals surface area contributed by atoms with Crippen LogP contribution in [0.1, 0.15) is 4.88 Å². The average Bonchev–Trinajstić information content (AvgIpc) is 2.87. The number of hydrogen-bond donors (Lipinski definition) is 1. The Bertz CT molecular complexity index is 770. The number of rotatable bonds is 2. The molecule has 0 aliphatic rings. The second kappa shape index (κ2) is 4.70. The molecule has 0 atom stereocenters. The molecule has 0 radical (unpaired) electrons. The van der Waals surface area contributed by atoms with Gasteiger partial charge < -0.3 is 9.55 Å². The van der Waals surface area contributed by atoms with Gasteiger partial charge >= 0.3 is 0 Å². The highest BCUT2D eigenvalue weighted by Crippen LogP contribution is 2.26. The second-order valence-electron chi connectivity index (χ2n) is 3.86. The Kier molecular flexibility index (Phi) is 3.20. The van der Waals surface area contributed by atoms with E-state index in [0.717, 1.165) is 20.2 Å². The van der Waals surface area contributed by atoms with E-state index in [0.29, 0.717) is 16.3 Å². The Morgan fingerprint density at radius 3 is 2.78 bits per heavy atom. The monoisotopic (exact) mass is 314 g/mol. The molecule has 0 saturated carbocycles. The zero-order chi connectivity index (χ0) is 12.7. The fraction of sp³-hybridized carbons (Fsp3) is 0.0833. The summed E-state index contributed by atoms with van der Waals surface area (Å²) in [6.07, 6.45) is 0. The van der Waals surface area contributed by atoms with Crippen LogP contribution in [0.4, 0.5) is 0 Å². The molecule has 0 fully saturated rings. The van der Waals surface area contributed by atoms with Crippen molar-refractivity contribution in [1.82, 2.24) is 9.55 Å². The van der Waals surface area contributed by atoms with Crippen LogP contribution in [0.5, 0.6) is 0 Å². The number of benzene rings is 1. The van der Waals surface area contributed by atoms with Gasteiger partial charge in [-0.25, -0.2) is 0 Å². The van der Waals surface area contributed by atoms with E-state index in [9.17, 15) is 0 Å². The lowest BCUT2D eigenvalue weighted by Crippen LogP contribution is -1.97. The first-order valence-electron chi connectivity index (χ1n) is 5.26. The minimum atomic E-state index is 0.669. The topological polar surface area (TPSA) is 20.7 Å². The lowest BCUT2D eigenvalue weighted by molar-refractivity contribution is 0.823. The highest BCUT2D eigenvalue weighted by atomic mass is 35.5. The van der Waals surface area contributed by atoms with Gasteiger partial charge in [0.15, 0.2) is 4.77 Å². The average molecular weight is 315 g/mol. The summed E-state index contributed by atoms with van der Waals surface area (Å²) < 4.78 is 3.48. The van der Waals surface area contributed by atoms with Gasteiger partial charge in [-0.2, -0.15) is 0 Å². The number of halogens is 2. The number of fused-ring (bicyclic) bond motifs is 1. The first kappa shape index (κ1) is 12.2. The van der Waals surface area contributed by atoms with Crippen LogP contribution in [0.25, 0.3) is 11.0 Å². The summed E-state index contributed by atoms with van der Waals surface area (Å²) in [6.45, 7) is 0.705. The summed E-state index contributed by atoms with van der Waals surface area (Å²) in [5, 5.41) is 0.682. The maximum atomic E-state index is 6.14. The maximum Gasteiger partial charge on any atom is 0.178 e. The summed E-state index contributed by atoms with van der Waals surface area (Å²) in [4.78, 5) is 4.30. The summed E-state index contributed by atoms with van der Waals surface area (Å²) in [5.41, 5.74) is 1.89. The van der Waals surface area contributed by atoms with Crippen molar-refractivity contribution in [3.8, 4) is 0 Å². The van der Waals surface area contributed by atoms with E-state index < -0.39 is 0 Å². The fourth-order valence-electron chi connectivity index (χ4n) is 1.89. The third kappa shape index (κ3) is 2.10. The number of imidazole rings is 1. The largest absolute Gasteiger partial charge is 0.329 e. The van der Waals surface area contributed by atoms with E-state index in [4.69, 9.17) is 35.4 Å². The Hall–Kier alpha value is -0.810. The van der Waals surface area contributed by atoms with Gasteiger partial charge in [-0.15, -0.1) is 11.3 Å². The number of aromatic nitrogens is 2. The van der Waals surface area contributed by atoms with Crippen LogP contribution < -0.4 is 0 Å². The molecular weight excluding hydrogens is 307 g/mol. The van der Waals surface area contributed by atoms with E-state index in [1.54, 1.807) is 11.3 Å². The minimum absolute atomic E-state index is 0.669. The van der Waals surface area contributed by atoms with E-state index in [-0.39, 0.29) is 0 Å². The number of nitrogens with one attached hydrogen (secondary N) is 1. The highest BCUT2D eigenvalue weighted by Gasteiger charge is 2.08. The van der Waals surface area contributed by atoms with Crippen LogP contribution in [0, 0.1) is 4.77 Å². The number of thiophene rings is 1. The quantitative estimate of drug-likeness (QED) is 0.651. The van der Waals surface area contributed by atoms with Gasteiger partial charge in [-0.3, -0.25) is 0 Å². The van der Waals surface area contributed by atoms with Gasteiger partial charge in [-0.1, -0.05) is 29.3 Å². The molecule has 0 spiro atoms. The normalized spacial score (nSPS) is 11.2. The Labute approximate surface area is 123 Å². The van der Waals surface area contributed by atoms with Gasteiger partial charge in [-0.05, 0) is 36.5 Å². The SMILES string of the molecule is S=c1[nH]c2c(Cl)cccc2n1Cc1ccc(Cl)s1. The summed E-state index contributed by atoms with van der Waals surface area (Å²) >= 11 is 19.0. The van der Waals surface area contributed by atoms with Crippen LogP contribution in [0.3, 0.4) is 0 Å². The molecule has 0 aliphatic heterocycles. The van der Waals surface area contributed by atoms with Crippen molar-refractivity contribution in [2.75, 3.05) is 0 Å². The standard InChI is InChI=1S/C12H8Cl2N2S2/c13-8-2-1-3-9-11(8)15-12(17)16(9)6-7-4-5-10(14)18-7/h1-5H,6H2,(H,15,17). The Morgan fingerprint density at radius 2 is 2.06 bits per heavy atom. The third-order valence-corrected chi connectivity index (χ3v) is 4.56. The molecule has 18 heavy (non-hydrogen) atoms. The molecule has 0 aliphatic carbocycles. The lowest BCUT2D eigenvalue weighted by Gasteiger charge is -2.02. The Morgan fingerprint density at radius 1 is 1.22 bits per heavy atom. The van der Waals surface area contributed by atoms with Crippen LogP contribution in [0.15, 0.2) is 30.3 Å². The summed E-state index contributed by atoms with van der Waals surface area (Å²) in [7, 11) is 0. The molecule has 0 bridgehead atoms. The smallest absolute Gasteiger partial charge is 0.178 e. The van der Waals surface area contributed by atoms with E-state index in [2.05, 4.69) is 4.98 Å². The van der Waals surface area contributed by atoms with Crippen molar-refractivity contribution >= 4 is 57.8 Å². The van der Waals surface area contributed by atoms with E-state index >= 15 is 0 Å². The van der Waals surface area contributed by atoms with Crippen LogP contribution in [-0.4, -0.2) is 9.55 Å². The zero-order valence-electron chi connectivity index (χ0n) is 9.11. The minimum Gasteiger partial charge on any atom is -0.329 e. The van der Waals surface area contributed by atoms with Crippen LogP contribution in [-0.2, 0) is 6.54 Å². The fourth-order valence-corrected chi connectivity index (χ4v) is 3.45. The van der Waals surface area contributed by atoms with Crippen molar-refractivity contribution in [3.05, 3.63) is 49.3 Å². The maximum absolute atomic E-state index is 6.14. The molecule has 1 N–H and O–H groups in total. The molecule has 92 valence electrons. The van der Waals surface area contributed by atoms with Gasteiger partial charge in [0.25, 0.3) is 0 Å². The third-order valence-electron chi connectivity index (χ3n) is 2.70. The van der Waals surface area contributed by atoms with Gasteiger partial charge in [0.2, 0.25) is 0 Å². The summed E-state index contributed by atoms with van der Waals surface area (Å²) in [6, 6.07) is 9.68. The number of hydrogen-bond acceptors (Lipinski definition) is 2. The first-order valence-corrected chi connectivity index (χ1v) is 7.24. The lowest BCUT2D eigenvalue weighted by atomic mass is 10.3. The van der Waals surface area contributed by atoms with Crippen molar-refractivity contribution in [2.45, 2.75) is 6.54 Å². The van der Waals surface area contributed by atoms with Gasteiger partial charge in [0.1, 0.15) is 0 Å². The molecule has 2 aromatic heterocycles. The molecular formula is C12H8Cl2N2S2. The Balaban J connectivity index is 2.14. The van der Waals surface area contributed by atoms with E-state index in [1.165, 1.54) is 0 Å². The van der Waals surface area contributed by atoms with Crippen LogP contribution in [0.2, 0.25) is 9.36 Å². The number of para-hydroxylation sites is 1. The van der Waals surface area contributed by atoms with Gasteiger partial charge in [0.05, 0.1) is 26.9 Å². The molecule has 1 aromatic carbocycles. The molecule has 2 heterocycles. The van der Waals surface area contributed by atoms with Crippen molar-refractivity contribution < 1.29 is 0 Å². The molecule has 6 heteroatoms. The predicted molar refractivity (Wildman–Crippen MR) is 80.6 cm³/mol. The van der Waals surface area contributed by atoms with Crippen molar-refractivity contribution in [1.29, 1.82) is 0 Å². The summed E-state index contributed by atoms with van der Waals surface area (Å²) in [5.74, 6) is 0. The highest BCUT2D eigenvalue weighted by molar-refractivity contribution is 7.71. The molecule has 0 saturated heterocycles. The van der Waals surface area contributed by atoms with Crippen molar-refractivity contribution in [2.24, 2.45) is 0 Å². The number of H-pyrrole nitrogens is 1. The second-order valence-corrected chi connectivity index (χ2v) is 6.45.